The maximum Gasteiger partial charge on any atom is 0.490 e. The molecule has 1 aliphatic rings. The van der Waals surface area contributed by atoms with E-state index in [0.717, 1.165) is 10.7 Å². The van der Waals surface area contributed by atoms with E-state index in [-0.39, 0.29) is 0 Å². The van der Waals surface area contributed by atoms with Gasteiger partial charge in [-0.15, -0.1) is 0 Å². The lowest BCUT2D eigenvalue weighted by Crippen LogP contribution is -2.48. The highest BCUT2D eigenvalue weighted by Crippen LogP contribution is 2.13. The Morgan fingerprint density at radius 1 is 1.35 bits per heavy atom. The smallest absolute Gasteiger partial charge is 0.475 e. The van der Waals surface area contributed by atoms with Crippen molar-refractivity contribution in [3.8, 4) is 0 Å². The standard InChI is InChI=1S/C5H10F2N2O3S.C2HF3O2/c6-5(7)12-4-8-13(10,11)9-2-1-3-9;3-2(4,5)1(6)7/h5,8H,1-4H2;(H,6,7). The highest BCUT2D eigenvalue weighted by atomic mass is 32.2. The SMILES string of the molecule is O=C(O)C(F)(F)F.O=S(=O)(NCOC(F)F)N1CCC1. The predicted octanol–water partition coefficient (Wildman–Crippen LogP) is 0.356. The van der Waals surface area contributed by atoms with Crippen LogP contribution in [-0.4, -0.2) is 56.4 Å². The summed E-state index contributed by atoms with van der Waals surface area (Å²) in [5.74, 6) is -2.76. The number of ether oxygens (including phenoxy) is 1. The lowest BCUT2D eigenvalue weighted by atomic mass is 10.3. The van der Waals surface area contributed by atoms with E-state index in [1.165, 1.54) is 0 Å². The second-order valence-corrected chi connectivity index (χ2v) is 5.03. The molecule has 0 aromatic carbocycles. The van der Waals surface area contributed by atoms with E-state index in [1.54, 1.807) is 0 Å². The first-order chi connectivity index (χ1) is 8.97. The largest absolute Gasteiger partial charge is 0.490 e. The second kappa shape index (κ2) is 7.66. The molecule has 7 nitrogen and oxygen atoms in total. The van der Waals surface area contributed by atoms with Crippen molar-refractivity contribution in [1.29, 1.82) is 0 Å². The summed E-state index contributed by atoms with van der Waals surface area (Å²) in [7, 11) is -3.59. The summed E-state index contributed by atoms with van der Waals surface area (Å²) in [4.78, 5) is 8.90. The molecule has 0 spiro atoms. The van der Waals surface area contributed by atoms with Gasteiger partial charge >= 0.3 is 18.8 Å². The minimum Gasteiger partial charge on any atom is -0.475 e. The second-order valence-electron chi connectivity index (χ2n) is 3.28. The molecule has 1 saturated heterocycles. The monoisotopic (exact) mass is 330 g/mol. The van der Waals surface area contributed by atoms with Gasteiger partial charge in [-0.05, 0) is 6.42 Å². The van der Waals surface area contributed by atoms with Crippen LogP contribution < -0.4 is 4.72 Å². The molecule has 0 amide bonds. The van der Waals surface area contributed by atoms with Crippen molar-refractivity contribution >= 4 is 16.2 Å². The van der Waals surface area contributed by atoms with E-state index in [9.17, 15) is 30.4 Å². The number of hydrogen-bond acceptors (Lipinski definition) is 4. The Labute approximate surface area is 110 Å². The molecule has 0 aromatic rings. The van der Waals surface area contributed by atoms with Gasteiger partial charge in [0.2, 0.25) is 0 Å². The van der Waals surface area contributed by atoms with Crippen molar-refractivity contribution in [3.63, 3.8) is 0 Å². The van der Waals surface area contributed by atoms with Gasteiger partial charge in [0.25, 0.3) is 10.2 Å². The predicted molar refractivity (Wildman–Crippen MR) is 53.9 cm³/mol. The molecular formula is C7H11F5N2O5S. The van der Waals surface area contributed by atoms with Crippen LogP contribution in [0.15, 0.2) is 0 Å². The van der Waals surface area contributed by atoms with Gasteiger partial charge in [0.05, 0.1) is 0 Å². The number of aliphatic carboxylic acids is 1. The Morgan fingerprint density at radius 3 is 2.05 bits per heavy atom. The molecule has 0 aliphatic carbocycles. The molecule has 13 heteroatoms. The fraction of sp³-hybridized carbons (Fsp3) is 0.857. The Bertz CT molecular complexity index is 408. The highest BCUT2D eigenvalue weighted by Gasteiger charge is 2.38. The quantitative estimate of drug-likeness (QED) is 0.560. The van der Waals surface area contributed by atoms with Gasteiger partial charge in [-0.1, -0.05) is 0 Å². The number of carboxylic acid groups (broad SMARTS) is 1. The molecule has 120 valence electrons. The average molecular weight is 330 g/mol. The number of nitrogens with one attached hydrogen (secondary N) is 1. The maximum absolute atomic E-state index is 11.4. The van der Waals surface area contributed by atoms with E-state index >= 15 is 0 Å². The first-order valence-corrected chi connectivity index (χ1v) is 6.35. The summed E-state index contributed by atoms with van der Waals surface area (Å²) < 4.78 is 83.6. The number of alkyl halides is 5. The normalized spacial score (nSPS) is 16.3. The summed E-state index contributed by atoms with van der Waals surface area (Å²) in [6.45, 7) is -2.79. The van der Waals surface area contributed by atoms with Crippen LogP contribution in [0.25, 0.3) is 0 Å². The van der Waals surface area contributed by atoms with E-state index < -0.39 is 35.7 Å². The van der Waals surface area contributed by atoms with Gasteiger partial charge in [-0.25, -0.2) is 4.79 Å². The first-order valence-electron chi connectivity index (χ1n) is 4.91. The summed E-state index contributed by atoms with van der Waals surface area (Å²) in [6.07, 6.45) is -4.28. The number of carboxylic acids is 1. The Balaban J connectivity index is 0.000000441. The van der Waals surface area contributed by atoms with Crippen LogP contribution in [-0.2, 0) is 19.7 Å². The Kier molecular flexibility index (Phi) is 7.26. The maximum atomic E-state index is 11.4. The fourth-order valence-electron chi connectivity index (χ4n) is 0.790. The molecule has 0 bridgehead atoms. The molecular weight excluding hydrogens is 319 g/mol. The highest BCUT2D eigenvalue weighted by molar-refractivity contribution is 7.87. The Hall–Kier alpha value is -1.05. The zero-order valence-electron chi connectivity index (χ0n) is 9.73. The van der Waals surface area contributed by atoms with Crippen molar-refractivity contribution in [2.75, 3.05) is 19.8 Å². The molecule has 0 saturated carbocycles. The topological polar surface area (TPSA) is 95.9 Å². The first kappa shape index (κ1) is 18.9. The van der Waals surface area contributed by atoms with E-state index in [4.69, 9.17) is 9.90 Å². The summed E-state index contributed by atoms with van der Waals surface area (Å²) in [6, 6.07) is 0. The third-order valence-corrected chi connectivity index (χ3v) is 3.38. The van der Waals surface area contributed by atoms with Crippen LogP contribution in [0, 0.1) is 0 Å². The third-order valence-electron chi connectivity index (χ3n) is 1.85. The van der Waals surface area contributed by atoms with Crippen LogP contribution in [0.4, 0.5) is 22.0 Å². The molecule has 0 atom stereocenters. The summed E-state index contributed by atoms with van der Waals surface area (Å²) in [5.41, 5.74) is 0. The van der Waals surface area contributed by atoms with Gasteiger partial charge in [-0.3, -0.25) is 0 Å². The Morgan fingerprint density at radius 2 is 1.80 bits per heavy atom. The fourth-order valence-corrected chi connectivity index (χ4v) is 1.93. The third kappa shape index (κ3) is 7.52. The van der Waals surface area contributed by atoms with Crippen LogP contribution >= 0.6 is 0 Å². The van der Waals surface area contributed by atoms with Crippen molar-refractivity contribution in [3.05, 3.63) is 0 Å². The number of nitrogens with zero attached hydrogens (tertiary/aromatic N) is 1. The summed E-state index contributed by atoms with van der Waals surface area (Å²) >= 11 is 0. The molecule has 0 unspecified atom stereocenters. The number of hydrogen-bond donors (Lipinski definition) is 2. The van der Waals surface area contributed by atoms with Crippen molar-refractivity contribution in [2.45, 2.75) is 19.2 Å². The lowest BCUT2D eigenvalue weighted by Gasteiger charge is -2.29. The summed E-state index contributed by atoms with van der Waals surface area (Å²) in [5, 5.41) is 7.12. The van der Waals surface area contributed by atoms with E-state index in [0.29, 0.717) is 13.1 Å². The zero-order valence-corrected chi connectivity index (χ0v) is 10.5. The van der Waals surface area contributed by atoms with E-state index in [2.05, 4.69) is 4.74 Å². The number of carbonyl (C=O) groups is 1. The van der Waals surface area contributed by atoms with Crippen LogP contribution in [0.2, 0.25) is 0 Å². The van der Waals surface area contributed by atoms with Crippen LogP contribution in [0.3, 0.4) is 0 Å². The van der Waals surface area contributed by atoms with Crippen LogP contribution in [0.5, 0.6) is 0 Å². The molecule has 1 fully saturated rings. The molecule has 2 N–H and O–H groups in total. The molecule has 1 heterocycles. The van der Waals surface area contributed by atoms with Gasteiger partial charge < -0.3 is 9.84 Å². The molecule has 0 aromatic heterocycles. The van der Waals surface area contributed by atoms with Gasteiger partial charge in [0.1, 0.15) is 6.73 Å². The molecule has 0 radical (unpaired) electrons. The zero-order chi connectivity index (χ0) is 16.0. The minimum absolute atomic E-state index is 0.435. The molecule has 1 rings (SSSR count). The van der Waals surface area contributed by atoms with E-state index in [1.807, 2.05) is 4.72 Å². The number of halogens is 5. The number of rotatable bonds is 5. The van der Waals surface area contributed by atoms with Gasteiger partial charge in [0.15, 0.2) is 0 Å². The van der Waals surface area contributed by atoms with Crippen molar-refractivity contribution < 1.29 is 45.0 Å². The van der Waals surface area contributed by atoms with Gasteiger partial charge in [0, 0.05) is 13.1 Å². The van der Waals surface area contributed by atoms with Crippen molar-refractivity contribution in [2.24, 2.45) is 0 Å². The minimum atomic E-state index is -5.08. The van der Waals surface area contributed by atoms with Gasteiger partial charge in [-0.2, -0.15) is 39.4 Å². The lowest BCUT2D eigenvalue weighted by molar-refractivity contribution is -0.192. The molecule has 1 aliphatic heterocycles. The van der Waals surface area contributed by atoms with Crippen LogP contribution in [0.1, 0.15) is 6.42 Å². The van der Waals surface area contributed by atoms with Crippen molar-refractivity contribution in [1.82, 2.24) is 9.03 Å². The average Bonchev–Trinajstić information content (AvgIpc) is 2.11. The molecule has 20 heavy (non-hydrogen) atoms.